The lowest BCUT2D eigenvalue weighted by Gasteiger charge is -2.25. The maximum atomic E-state index is 12.9. The monoisotopic (exact) mass is 371 g/mol. The van der Waals surface area contributed by atoms with Crippen molar-refractivity contribution in [1.82, 2.24) is 9.88 Å². The molecular formula is C19H21N3O5. The van der Waals surface area contributed by atoms with E-state index in [1.54, 1.807) is 49.6 Å². The molecule has 0 bridgehead atoms. The standard InChI is InChI=1S/C19H21N3O5/c1-14(19(24)27-2)12-21(13-15-7-9-20-10-8-15)18(23)11-16-5-3-4-6-17(16)22(25)26/h3-10,14H,11-13H2,1-2H3. The van der Waals surface area contributed by atoms with Crippen LogP contribution in [-0.2, 0) is 27.3 Å². The lowest BCUT2D eigenvalue weighted by atomic mass is 10.1. The number of esters is 1. The summed E-state index contributed by atoms with van der Waals surface area (Å²) >= 11 is 0. The van der Waals surface area contributed by atoms with Crippen molar-refractivity contribution >= 4 is 17.6 Å². The van der Waals surface area contributed by atoms with Crippen LogP contribution in [-0.4, -0.2) is 40.3 Å². The van der Waals surface area contributed by atoms with Gasteiger partial charge in [-0.05, 0) is 17.7 Å². The van der Waals surface area contributed by atoms with Gasteiger partial charge >= 0.3 is 5.97 Å². The minimum absolute atomic E-state index is 0.101. The van der Waals surface area contributed by atoms with Crippen molar-refractivity contribution in [1.29, 1.82) is 0 Å². The van der Waals surface area contributed by atoms with Crippen LogP contribution in [0.1, 0.15) is 18.1 Å². The highest BCUT2D eigenvalue weighted by atomic mass is 16.6. The van der Waals surface area contributed by atoms with E-state index in [2.05, 4.69) is 4.98 Å². The average molecular weight is 371 g/mol. The highest BCUT2D eigenvalue weighted by Gasteiger charge is 2.24. The summed E-state index contributed by atoms with van der Waals surface area (Å²) in [7, 11) is 1.29. The van der Waals surface area contributed by atoms with Crippen LogP contribution in [0, 0.1) is 16.0 Å². The number of para-hydroxylation sites is 1. The van der Waals surface area contributed by atoms with E-state index in [1.165, 1.54) is 18.1 Å². The Morgan fingerprint density at radius 2 is 1.89 bits per heavy atom. The molecule has 0 saturated carbocycles. The third kappa shape index (κ3) is 5.60. The smallest absolute Gasteiger partial charge is 0.310 e. The van der Waals surface area contributed by atoms with Gasteiger partial charge in [0, 0.05) is 37.1 Å². The molecule has 1 atom stereocenters. The molecule has 1 aromatic heterocycles. The normalized spacial score (nSPS) is 11.5. The molecule has 1 amide bonds. The van der Waals surface area contributed by atoms with Gasteiger partial charge in [0.1, 0.15) is 0 Å². The van der Waals surface area contributed by atoms with Crippen molar-refractivity contribution in [3.63, 3.8) is 0 Å². The largest absolute Gasteiger partial charge is 0.469 e. The predicted octanol–water partition coefficient (Wildman–Crippen LogP) is 2.37. The van der Waals surface area contributed by atoms with Gasteiger partial charge in [0.2, 0.25) is 5.91 Å². The van der Waals surface area contributed by atoms with Crippen molar-refractivity contribution < 1.29 is 19.2 Å². The molecule has 0 N–H and O–H groups in total. The highest BCUT2D eigenvalue weighted by Crippen LogP contribution is 2.20. The first-order chi connectivity index (χ1) is 12.9. The Labute approximate surface area is 156 Å². The summed E-state index contributed by atoms with van der Waals surface area (Å²) in [4.78, 5) is 40.8. The molecule has 2 rings (SSSR count). The summed E-state index contributed by atoms with van der Waals surface area (Å²) in [5.41, 5.74) is 1.08. The first kappa shape index (κ1) is 20.0. The number of carbonyl (C=O) groups excluding carboxylic acids is 2. The summed E-state index contributed by atoms with van der Waals surface area (Å²) in [5, 5.41) is 11.2. The first-order valence-electron chi connectivity index (χ1n) is 8.39. The number of amides is 1. The van der Waals surface area contributed by atoms with Gasteiger partial charge in [-0.25, -0.2) is 0 Å². The van der Waals surface area contributed by atoms with E-state index in [9.17, 15) is 19.7 Å². The molecule has 27 heavy (non-hydrogen) atoms. The molecule has 8 heteroatoms. The van der Waals surface area contributed by atoms with Crippen LogP contribution in [0.5, 0.6) is 0 Å². The van der Waals surface area contributed by atoms with E-state index in [-0.39, 0.29) is 31.1 Å². The summed E-state index contributed by atoms with van der Waals surface area (Å²) in [6, 6.07) is 9.68. The van der Waals surface area contributed by atoms with E-state index in [0.717, 1.165) is 5.56 Å². The lowest BCUT2D eigenvalue weighted by Crippen LogP contribution is -2.37. The topological polar surface area (TPSA) is 103 Å². The van der Waals surface area contributed by atoms with Gasteiger partial charge in [-0.1, -0.05) is 25.1 Å². The van der Waals surface area contributed by atoms with Crippen molar-refractivity contribution in [3.05, 3.63) is 70.0 Å². The van der Waals surface area contributed by atoms with Gasteiger partial charge < -0.3 is 9.64 Å². The van der Waals surface area contributed by atoms with Crippen LogP contribution in [0.25, 0.3) is 0 Å². The maximum Gasteiger partial charge on any atom is 0.310 e. The fourth-order valence-electron chi connectivity index (χ4n) is 2.68. The zero-order chi connectivity index (χ0) is 19.8. The second-order valence-corrected chi connectivity index (χ2v) is 6.12. The van der Waals surface area contributed by atoms with Crippen LogP contribution in [0.15, 0.2) is 48.8 Å². The Morgan fingerprint density at radius 3 is 2.52 bits per heavy atom. The molecule has 0 aliphatic rings. The van der Waals surface area contributed by atoms with Crippen LogP contribution < -0.4 is 0 Å². The summed E-state index contributed by atoms with van der Waals surface area (Å²) in [5.74, 6) is -1.25. The maximum absolute atomic E-state index is 12.9. The SMILES string of the molecule is COC(=O)C(C)CN(Cc1ccncc1)C(=O)Cc1ccccc1[N+](=O)[O-]. The van der Waals surface area contributed by atoms with Crippen molar-refractivity contribution in [2.45, 2.75) is 19.9 Å². The van der Waals surface area contributed by atoms with Gasteiger partial charge in [-0.2, -0.15) is 0 Å². The summed E-state index contributed by atoms with van der Waals surface area (Å²) in [6.07, 6.45) is 3.10. The van der Waals surface area contributed by atoms with Gasteiger partial charge in [0.25, 0.3) is 5.69 Å². The number of pyridine rings is 1. The zero-order valence-electron chi connectivity index (χ0n) is 15.2. The molecular weight excluding hydrogens is 350 g/mol. The Hall–Kier alpha value is -3.29. The number of nitro benzene ring substituents is 1. The number of carbonyl (C=O) groups is 2. The molecule has 2 aromatic rings. The number of ether oxygens (including phenoxy) is 1. The Bertz CT molecular complexity index is 810. The quantitative estimate of drug-likeness (QED) is 0.401. The van der Waals surface area contributed by atoms with Gasteiger partial charge in [-0.3, -0.25) is 24.7 Å². The number of benzene rings is 1. The molecule has 0 saturated heterocycles. The molecule has 1 aromatic carbocycles. The van der Waals surface area contributed by atoms with E-state index < -0.39 is 16.8 Å². The number of hydrogen-bond donors (Lipinski definition) is 0. The van der Waals surface area contributed by atoms with E-state index in [0.29, 0.717) is 5.56 Å². The molecule has 0 fully saturated rings. The highest BCUT2D eigenvalue weighted by molar-refractivity contribution is 5.81. The fraction of sp³-hybridized carbons (Fsp3) is 0.316. The van der Waals surface area contributed by atoms with E-state index >= 15 is 0 Å². The summed E-state index contributed by atoms with van der Waals surface area (Å²) < 4.78 is 4.74. The Kier molecular flexibility index (Phi) is 6.99. The molecule has 142 valence electrons. The van der Waals surface area contributed by atoms with E-state index in [4.69, 9.17) is 4.74 Å². The number of rotatable bonds is 8. The van der Waals surface area contributed by atoms with Crippen molar-refractivity contribution in [2.24, 2.45) is 5.92 Å². The van der Waals surface area contributed by atoms with Crippen LogP contribution in [0.4, 0.5) is 5.69 Å². The third-order valence-electron chi connectivity index (χ3n) is 4.10. The average Bonchev–Trinajstić information content (AvgIpc) is 2.67. The number of aromatic nitrogens is 1. The van der Waals surface area contributed by atoms with Gasteiger partial charge in [0.05, 0.1) is 24.4 Å². The first-order valence-corrected chi connectivity index (χ1v) is 8.39. The molecule has 0 aliphatic carbocycles. The Balaban J connectivity index is 2.22. The minimum Gasteiger partial charge on any atom is -0.469 e. The third-order valence-corrected chi connectivity index (χ3v) is 4.10. The van der Waals surface area contributed by atoms with Crippen LogP contribution in [0.2, 0.25) is 0 Å². The van der Waals surface area contributed by atoms with Gasteiger partial charge in [0.15, 0.2) is 0 Å². The predicted molar refractivity (Wildman–Crippen MR) is 97.6 cm³/mol. The van der Waals surface area contributed by atoms with Gasteiger partial charge in [-0.15, -0.1) is 0 Å². The number of hydrogen-bond acceptors (Lipinski definition) is 6. The number of nitrogens with zero attached hydrogens (tertiary/aromatic N) is 3. The fourth-order valence-corrected chi connectivity index (χ4v) is 2.68. The van der Waals surface area contributed by atoms with Crippen LogP contribution >= 0.6 is 0 Å². The van der Waals surface area contributed by atoms with Crippen molar-refractivity contribution in [3.8, 4) is 0 Å². The number of methoxy groups -OCH3 is 1. The molecule has 0 radical (unpaired) electrons. The molecule has 1 unspecified atom stereocenters. The van der Waals surface area contributed by atoms with Crippen molar-refractivity contribution in [2.75, 3.05) is 13.7 Å². The molecule has 8 nitrogen and oxygen atoms in total. The molecule has 1 heterocycles. The zero-order valence-corrected chi connectivity index (χ0v) is 15.2. The lowest BCUT2D eigenvalue weighted by molar-refractivity contribution is -0.385. The Morgan fingerprint density at radius 1 is 1.22 bits per heavy atom. The van der Waals surface area contributed by atoms with E-state index in [1.807, 2.05) is 0 Å². The second kappa shape index (κ2) is 9.42. The molecule has 0 aliphatic heterocycles. The van der Waals surface area contributed by atoms with Crippen LogP contribution in [0.3, 0.4) is 0 Å². The molecule has 0 spiro atoms. The second-order valence-electron chi connectivity index (χ2n) is 6.12. The number of nitro groups is 1. The minimum atomic E-state index is -0.522. The summed E-state index contributed by atoms with van der Waals surface area (Å²) in [6.45, 7) is 2.08.